The number of nitrogens with zero attached hydrogens (tertiary/aromatic N) is 2. The van der Waals surface area contributed by atoms with Crippen LogP contribution in [0.15, 0.2) is 29.4 Å². The highest BCUT2D eigenvalue weighted by Crippen LogP contribution is 2.23. The number of imidazole rings is 1. The van der Waals surface area contributed by atoms with E-state index in [9.17, 15) is 9.59 Å². The summed E-state index contributed by atoms with van der Waals surface area (Å²) in [4.78, 5) is 28.2. The molecule has 0 aliphatic heterocycles. The number of rotatable bonds is 7. The fourth-order valence-corrected chi connectivity index (χ4v) is 3.35. The number of benzene rings is 1. The molecule has 0 saturated heterocycles. The molecule has 1 amide bonds. The van der Waals surface area contributed by atoms with Crippen LogP contribution in [0.1, 0.15) is 35.6 Å². The average Bonchev–Trinajstić information content (AvgIpc) is 2.87. The minimum atomic E-state index is -0.402. The standard InChI is InChI=1S/C19H25N3O3S/c1-12(2)10-22-14(4)13(3)20-19(22)26-11-17(23)21-16-8-6-15(7-9-16)18(24)25-5/h6-9,12H,10-11H2,1-5H3,(H,21,23). The van der Waals surface area contributed by atoms with Crippen LogP contribution in [-0.4, -0.2) is 34.3 Å². The Morgan fingerprint density at radius 3 is 2.46 bits per heavy atom. The van der Waals surface area contributed by atoms with Crippen LogP contribution >= 0.6 is 11.8 Å². The van der Waals surface area contributed by atoms with E-state index in [1.165, 1.54) is 18.9 Å². The summed E-state index contributed by atoms with van der Waals surface area (Å²) in [6.45, 7) is 9.24. The Labute approximate surface area is 158 Å². The topological polar surface area (TPSA) is 73.2 Å². The van der Waals surface area contributed by atoms with E-state index in [-0.39, 0.29) is 11.7 Å². The molecule has 1 aromatic carbocycles. The van der Waals surface area contributed by atoms with Crippen molar-refractivity contribution in [1.29, 1.82) is 0 Å². The smallest absolute Gasteiger partial charge is 0.337 e. The Kier molecular flexibility index (Phi) is 6.85. The van der Waals surface area contributed by atoms with Crippen LogP contribution in [0.3, 0.4) is 0 Å². The normalized spacial score (nSPS) is 10.8. The van der Waals surface area contributed by atoms with E-state index in [2.05, 4.69) is 40.4 Å². The number of esters is 1. The minimum Gasteiger partial charge on any atom is -0.465 e. The molecule has 0 bridgehead atoms. The van der Waals surface area contributed by atoms with Gasteiger partial charge in [0.1, 0.15) is 0 Å². The van der Waals surface area contributed by atoms with Crippen molar-refractivity contribution in [2.24, 2.45) is 5.92 Å². The molecular formula is C19H25N3O3S. The molecule has 1 N–H and O–H groups in total. The molecule has 140 valence electrons. The molecular weight excluding hydrogens is 350 g/mol. The summed E-state index contributed by atoms with van der Waals surface area (Å²) in [5.74, 6) is 0.257. The number of anilines is 1. The second-order valence-corrected chi connectivity index (χ2v) is 7.42. The van der Waals surface area contributed by atoms with Crippen molar-refractivity contribution in [3.63, 3.8) is 0 Å². The number of carbonyl (C=O) groups is 2. The molecule has 0 aliphatic carbocycles. The fraction of sp³-hybridized carbons (Fsp3) is 0.421. The lowest BCUT2D eigenvalue weighted by molar-refractivity contribution is -0.113. The number of nitrogens with one attached hydrogen (secondary N) is 1. The Morgan fingerprint density at radius 2 is 1.88 bits per heavy atom. The summed E-state index contributed by atoms with van der Waals surface area (Å²) in [5.41, 5.74) is 3.22. The molecule has 1 heterocycles. The molecule has 0 radical (unpaired) electrons. The molecule has 7 heteroatoms. The fourth-order valence-electron chi connectivity index (χ4n) is 2.45. The van der Waals surface area contributed by atoms with E-state index >= 15 is 0 Å². The van der Waals surface area contributed by atoms with E-state index < -0.39 is 5.97 Å². The lowest BCUT2D eigenvalue weighted by Gasteiger charge is -2.12. The lowest BCUT2D eigenvalue weighted by Crippen LogP contribution is -2.15. The molecule has 0 saturated carbocycles. The highest BCUT2D eigenvalue weighted by molar-refractivity contribution is 7.99. The van der Waals surface area contributed by atoms with Crippen molar-refractivity contribution in [2.45, 2.75) is 39.4 Å². The first-order chi connectivity index (χ1) is 12.3. The molecule has 0 atom stereocenters. The van der Waals surface area contributed by atoms with Crippen LogP contribution < -0.4 is 5.32 Å². The molecule has 26 heavy (non-hydrogen) atoms. The zero-order valence-electron chi connectivity index (χ0n) is 15.8. The van der Waals surface area contributed by atoms with Crippen molar-refractivity contribution in [2.75, 3.05) is 18.2 Å². The van der Waals surface area contributed by atoms with Gasteiger partial charge < -0.3 is 14.6 Å². The third-order valence-electron chi connectivity index (χ3n) is 3.89. The molecule has 6 nitrogen and oxygen atoms in total. The summed E-state index contributed by atoms with van der Waals surface area (Å²) in [7, 11) is 1.34. The predicted octanol–water partition coefficient (Wildman–Crippen LogP) is 3.67. The maximum Gasteiger partial charge on any atom is 0.337 e. The molecule has 0 fully saturated rings. The summed E-state index contributed by atoms with van der Waals surface area (Å²) < 4.78 is 6.83. The van der Waals surface area contributed by atoms with Gasteiger partial charge in [0, 0.05) is 17.9 Å². The van der Waals surface area contributed by atoms with Gasteiger partial charge in [-0.2, -0.15) is 0 Å². The number of thioether (sulfide) groups is 1. The van der Waals surface area contributed by atoms with E-state index in [1.54, 1.807) is 24.3 Å². The summed E-state index contributed by atoms with van der Waals surface area (Å²) in [6, 6.07) is 6.61. The van der Waals surface area contributed by atoms with Gasteiger partial charge >= 0.3 is 5.97 Å². The van der Waals surface area contributed by atoms with Gasteiger partial charge in [0.15, 0.2) is 5.16 Å². The number of ether oxygens (including phenoxy) is 1. The Balaban J connectivity index is 1.97. The van der Waals surface area contributed by atoms with Crippen molar-refractivity contribution in [3.05, 3.63) is 41.2 Å². The van der Waals surface area contributed by atoms with Gasteiger partial charge in [0.25, 0.3) is 0 Å². The van der Waals surface area contributed by atoms with Crippen LogP contribution in [-0.2, 0) is 16.1 Å². The molecule has 0 unspecified atom stereocenters. The largest absolute Gasteiger partial charge is 0.465 e. The van der Waals surface area contributed by atoms with Gasteiger partial charge in [-0.15, -0.1) is 0 Å². The van der Waals surface area contributed by atoms with Gasteiger partial charge in [0.2, 0.25) is 5.91 Å². The number of methoxy groups -OCH3 is 1. The number of hydrogen-bond acceptors (Lipinski definition) is 5. The molecule has 0 aliphatic rings. The van der Waals surface area contributed by atoms with Crippen LogP contribution in [0.25, 0.3) is 0 Å². The first-order valence-corrected chi connectivity index (χ1v) is 9.45. The van der Waals surface area contributed by atoms with Crippen molar-refractivity contribution in [3.8, 4) is 0 Å². The lowest BCUT2D eigenvalue weighted by atomic mass is 10.2. The highest BCUT2D eigenvalue weighted by atomic mass is 32.2. The minimum absolute atomic E-state index is 0.116. The van der Waals surface area contributed by atoms with Crippen LogP contribution in [0, 0.1) is 19.8 Å². The zero-order valence-corrected chi connectivity index (χ0v) is 16.6. The number of amides is 1. The quantitative estimate of drug-likeness (QED) is 0.590. The Bertz CT molecular complexity index is 782. The van der Waals surface area contributed by atoms with Crippen LogP contribution in [0.5, 0.6) is 0 Å². The van der Waals surface area contributed by atoms with Crippen LogP contribution in [0.2, 0.25) is 0 Å². The highest BCUT2D eigenvalue weighted by Gasteiger charge is 2.14. The predicted molar refractivity (Wildman–Crippen MR) is 104 cm³/mol. The average molecular weight is 375 g/mol. The van der Waals surface area contributed by atoms with Crippen molar-refractivity contribution < 1.29 is 14.3 Å². The summed E-state index contributed by atoms with van der Waals surface area (Å²) >= 11 is 1.43. The summed E-state index contributed by atoms with van der Waals surface area (Å²) in [5, 5.41) is 3.69. The zero-order chi connectivity index (χ0) is 19.3. The van der Waals surface area contributed by atoms with Crippen molar-refractivity contribution >= 4 is 29.3 Å². The second-order valence-electron chi connectivity index (χ2n) is 6.48. The monoisotopic (exact) mass is 375 g/mol. The molecule has 2 aromatic rings. The third kappa shape index (κ3) is 5.11. The number of carbonyl (C=O) groups excluding carboxylic acids is 2. The van der Waals surface area contributed by atoms with Gasteiger partial charge in [-0.3, -0.25) is 4.79 Å². The van der Waals surface area contributed by atoms with E-state index in [1.807, 2.05) is 6.92 Å². The number of aryl methyl sites for hydroxylation is 1. The maximum atomic E-state index is 12.2. The number of hydrogen-bond donors (Lipinski definition) is 1. The van der Waals surface area contributed by atoms with Gasteiger partial charge in [-0.1, -0.05) is 25.6 Å². The van der Waals surface area contributed by atoms with Crippen molar-refractivity contribution in [1.82, 2.24) is 9.55 Å². The Hall–Kier alpha value is -2.28. The van der Waals surface area contributed by atoms with Crippen LogP contribution in [0.4, 0.5) is 5.69 Å². The van der Waals surface area contributed by atoms with E-state index in [0.717, 1.165) is 23.1 Å². The van der Waals surface area contributed by atoms with Gasteiger partial charge in [0.05, 0.1) is 24.1 Å². The van der Waals surface area contributed by atoms with Gasteiger partial charge in [-0.25, -0.2) is 9.78 Å². The number of aromatic nitrogens is 2. The first-order valence-electron chi connectivity index (χ1n) is 8.46. The SMILES string of the molecule is COC(=O)c1ccc(NC(=O)CSc2nc(C)c(C)n2CC(C)C)cc1. The first kappa shape index (κ1) is 20.0. The maximum absolute atomic E-state index is 12.2. The Morgan fingerprint density at radius 1 is 1.23 bits per heavy atom. The van der Waals surface area contributed by atoms with Gasteiger partial charge in [-0.05, 0) is 44.0 Å². The van der Waals surface area contributed by atoms with E-state index in [0.29, 0.717) is 17.2 Å². The summed E-state index contributed by atoms with van der Waals surface area (Å²) in [6.07, 6.45) is 0. The van der Waals surface area contributed by atoms with E-state index in [4.69, 9.17) is 0 Å². The molecule has 1 aromatic heterocycles. The molecule has 2 rings (SSSR count). The molecule has 0 spiro atoms. The second kappa shape index (κ2) is 8.89. The third-order valence-corrected chi connectivity index (χ3v) is 4.87.